The van der Waals surface area contributed by atoms with Crippen LogP contribution in [0.2, 0.25) is 0 Å². The zero-order valence-corrected chi connectivity index (χ0v) is 39.0. The number of rotatable bonds is 39. The first-order chi connectivity index (χ1) is 29.0. The minimum atomic E-state index is -4.41. The lowest BCUT2D eigenvalue weighted by atomic mass is 10.1. The lowest BCUT2D eigenvalue weighted by Crippen LogP contribution is -2.37. The van der Waals surface area contributed by atoms with Gasteiger partial charge in [-0.05, 0) is 96.3 Å². The van der Waals surface area contributed by atoms with E-state index in [-0.39, 0.29) is 26.1 Å². The molecule has 1 unspecified atom stereocenters. The van der Waals surface area contributed by atoms with Gasteiger partial charge in [0.2, 0.25) is 0 Å². The Morgan fingerprint density at radius 2 is 0.967 bits per heavy atom. The van der Waals surface area contributed by atoms with E-state index < -0.39 is 32.5 Å². The van der Waals surface area contributed by atoms with Crippen LogP contribution in [0.5, 0.6) is 0 Å². The fraction of sp³-hybridized carbons (Fsp3) is 0.600. The molecule has 340 valence electrons. The van der Waals surface area contributed by atoms with Crippen molar-refractivity contribution in [1.82, 2.24) is 0 Å². The molecule has 0 bridgehead atoms. The zero-order chi connectivity index (χ0) is 44.3. The van der Waals surface area contributed by atoms with Gasteiger partial charge in [0.25, 0.3) is 0 Å². The Morgan fingerprint density at radius 1 is 0.533 bits per heavy atom. The fourth-order valence-corrected chi connectivity index (χ4v) is 6.01. The van der Waals surface area contributed by atoms with Crippen LogP contribution >= 0.6 is 7.82 Å². The average molecular weight is 857 g/mol. The summed E-state index contributed by atoms with van der Waals surface area (Å²) in [5, 5.41) is 0. The molecule has 0 saturated heterocycles. The van der Waals surface area contributed by atoms with Crippen LogP contribution in [0.25, 0.3) is 0 Å². The van der Waals surface area contributed by atoms with Gasteiger partial charge in [-0.1, -0.05) is 142 Å². The smallest absolute Gasteiger partial charge is 0.462 e. The van der Waals surface area contributed by atoms with Crippen LogP contribution in [0.4, 0.5) is 0 Å². The Balaban J connectivity index is 4.53. The van der Waals surface area contributed by atoms with Crippen molar-refractivity contribution < 1.29 is 42.1 Å². The summed E-state index contributed by atoms with van der Waals surface area (Å²) in [5.41, 5.74) is 0. The maximum atomic E-state index is 12.7. The van der Waals surface area contributed by atoms with E-state index in [1.807, 2.05) is 27.2 Å². The largest absolute Gasteiger partial charge is 0.472 e. The summed E-state index contributed by atoms with van der Waals surface area (Å²) in [7, 11) is 1.40. The van der Waals surface area contributed by atoms with E-state index in [2.05, 4.69) is 117 Å². The van der Waals surface area contributed by atoms with Crippen LogP contribution in [0.15, 0.2) is 109 Å². The van der Waals surface area contributed by atoms with Crippen molar-refractivity contribution >= 4 is 19.8 Å². The molecule has 1 N–H and O–H groups in total. The summed E-state index contributed by atoms with van der Waals surface area (Å²) in [6.45, 7) is 4.14. The number of hydrogen-bond acceptors (Lipinski definition) is 7. The molecule has 0 rings (SSSR count). The predicted molar refractivity (Wildman–Crippen MR) is 251 cm³/mol. The molecule has 0 aliphatic heterocycles. The Bertz CT molecular complexity index is 1380. The number of quaternary nitrogens is 1. The number of unbranched alkanes of at least 4 members (excludes halogenated alkanes) is 7. The second-order valence-corrected chi connectivity index (χ2v) is 17.1. The van der Waals surface area contributed by atoms with Crippen LogP contribution in [-0.4, -0.2) is 74.9 Å². The zero-order valence-electron chi connectivity index (χ0n) is 38.1. The van der Waals surface area contributed by atoms with E-state index >= 15 is 0 Å². The number of esters is 2. The first-order valence-electron chi connectivity index (χ1n) is 22.6. The van der Waals surface area contributed by atoms with Crippen molar-refractivity contribution in [3.8, 4) is 0 Å². The van der Waals surface area contributed by atoms with E-state index in [1.54, 1.807) is 0 Å². The summed E-state index contributed by atoms with van der Waals surface area (Å²) in [6.07, 6.45) is 55.7. The number of carbonyl (C=O) groups excluding carboxylic acids is 2. The first kappa shape index (κ1) is 56.7. The van der Waals surface area contributed by atoms with Gasteiger partial charge in [0.1, 0.15) is 19.8 Å². The van der Waals surface area contributed by atoms with Crippen molar-refractivity contribution in [2.45, 2.75) is 148 Å². The Morgan fingerprint density at radius 3 is 1.43 bits per heavy atom. The van der Waals surface area contributed by atoms with Gasteiger partial charge in [-0.15, -0.1) is 0 Å². The monoisotopic (exact) mass is 857 g/mol. The summed E-state index contributed by atoms with van der Waals surface area (Å²) in [6, 6.07) is 0. The van der Waals surface area contributed by atoms with Crippen molar-refractivity contribution in [3.63, 3.8) is 0 Å². The van der Waals surface area contributed by atoms with E-state index in [4.69, 9.17) is 18.5 Å². The van der Waals surface area contributed by atoms with Gasteiger partial charge in [0, 0.05) is 12.8 Å². The van der Waals surface area contributed by atoms with Gasteiger partial charge < -0.3 is 18.9 Å². The number of nitrogens with zero attached hydrogens (tertiary/aromatic N) is 1. The fourth-order valence-electron chi connectivity index (χ4n) is 5.27. The molecule has 10 heteroatoms. The number of carbonyl (C=O) groups is 2. The van der Waals surface area contributed by atoms with Crippen LogP contribution in [0, 0.1) is 0 Å². The van der Waals surface area contributed by atoms with E-state index in [9.17, 15) is 19.0 Å². The molecule has 0 radical (unpaired) electrons. The number of phosphoric ester groups is 1. The van der Waals surface area contributed by atoms with E-state index in [0.717, 1.165) is 70.6 Å². The third-order valence-corrected chi connectivity index (χ3v) is 9.77. The van der Waals surface area contributed by atoms with Gasteiger partial charge in [-0.2, -0.15) is 0 Å². The molecule has 0 aromatic heterocycles. The number of hydrogen-bond donors (Lipinski definition) is 1. The first-order valence-corrected chi connectivity index (χ1v) is 24.1. The van der Waals surface area contributed by atoms with Crippen molar-refractivity contribution in [2.75, 3.05) is 47.5 Å². The molecule has 9 nitrogen and oxygen atoms in total. The Labute approximate surface area is 366 Å². The molecular formula is C50H83NO8P+. The number of likely N-dealkylation sites (N-methyl/N-ethyl adjacent to an activating group) is 1. The normalized spacial score (nSPS) is 14.6. The predicted octanol–water partition coefficient (Wildman–Crippen LogP) is 13.1. The molecule has 0 fully saturated rings. The lowest BCUT2D eigenvalue weighted by molar-refractivity contribution is -0.870. The second-order valence-electron chi connectivity index (χ2n) is 15.7. The maximum absolute atomic E-state index is 12.7. The molecule has 0 heterocycles. The minimum Gasteiger partial charge on any atom is -0.462 e. The van der Waals surface area contributed by atoms with E-state index in [0.29, 0.717) is 30.3 Å². The highest BCUT2D eigenvalue weighted by molar-refractivity contribution is 7.47. The van der Waals surface area contributed by atoms with Gasteiger partial charge >= 0.3 is 19.8 Å². The number of ether oxygens (including phenoxy) is 2. The summed E-state index contributed by atoms with van der Waals surface area (Å²) in [4.78, 5) is 35.4. The molecule has 60 heavy (non-hydrogen) atoms. The molecule has 0 aliphatic rings. The topological polar surface area (TPSA) is 108 Å². The molecule has 0 aromatic carbocycles. The molecule has 0 aliphatic carbocycles. The standard InChI is InChI=1S/C50H82NO8P/c1-6-8-10-12-14-16-18-20-22-24-25-27-28-30-32-34-36-38-40-42-49(52)56-46-48(47-58-60(54,55)57-45-44-51(3,4)5)59-50(53)43-41-39-37-35-33-31-29-26-23-21-19-17-15-13-11-9-7-2/h9,11,14-17,20-23,25,27,29-32,35,37,48H,6-8,10,12-13,18-19,24,26,28,33-34,36,38-47H2,1-5H3/p+1/b11-9+,16-14+,17-15+,22-20+,23-21+,27-25+,31-29+,32-30+,37-35+/t48-/m1/s1. The van der Waals surface area contributed by atoms with Crippen LogP contribution < -0.4 is 0 Å². The number of phosphoric acid groups is 1. The van der Waals surface area contributed by atoms with Gasteiger partial charge in [-0.25, -0.2) is 4.57 Å². The lowest BCUT2D eigenvalue weighted by Gasteiger charge is -2.24. The molecule has 0 saturated carbocycles. The molecule has 0 amide bonds. The van der Waals surface area contributed by atoms with Gasteiger partial charge in [-0.3, -0.25) is 18.6 Å². The van der Waals surface area contributed by atoms with Crippen molar-refractivity contribution in [1.29, 1.82) is 0 Å². The molecule has 0 spiro atoms. The number of allylic oxidation sites excluding steroid dienone is 18. The van der Waals surface area contributed by atoms with Gasteiger partial charge in [0.15, 0.2) is 6.10 Å². The van der Waals surface area contributed by atoms with Crippen molar-refractivity contribution in [3.05, 3.63) is 109 Å². The maximum Gasteiger partial charge on any atom is 0.472 e. The average Bonchev–Trinajstić information content (AvgIpc) is 3.20. The quantitative estimate of drug-likeness (QED) is 0.0214. The molecule has 0 aromatic rings. The minimum absolute atomic E-state index is 0.00886. The Kier molecular flexibility index (Phi) is 38.8. The molecular weight excluding hydrogens is 774 g/mol. The third-order valence-electron chi connectivity index (χ3n) is 8.79. The SMILES string of the molecule is CC/C=C/C/C=C/C/C=C/C/C=C/C/C=C/CCCC(=O)O[C@H](COC(=O)CCCCC/C=C/C/C=C/C/C=C/C/C=C/CCCCC)COP(=O)(O)OCC[N+](C)(C)C. The highest BCUT2D eigenvalue weighted by Gasteiger charge is 2.27. The van der Waals surface area contributed by atoms with Gasteiger partial charge in [0.05, 0.1) is 27.7 Å². The summed E-state index contributed by atoms with van der Waals surface area (Å²) in [5.74, 6) is -0.916. The highest BCUT2D eigenvalue weighted by Crippen LogP contribution is 2.43. The van der Waals surface area contributed by atoms with Crippen molar-refractivity contribution in [2.24, 2.45) is 0 Å². The van der Waals surface area contributed by atoms with Crippen LogP contribution in [0.3, 0.4) is 0 Å². The van der Waals surface area contributed by atoms with Crippen LogP contribution in [0.1, 0.15) is 142 Å². The Hall–Kier alpha value is -3.33. The molecule has 2 atom stereocenters. The third kappa shape index (κ3) is 44.2. The summed E-state index contributed by atoms with van der Waals surface area (Å²) < 4.78 is 34.2. The second kappa shape index (κ2) is 41.0. The van der Waals surface area contributed by atoms with Crippen LogP contribution in [-0.2, 0) is 32.7 Å². The van der Waals surface area contributed by atoms with E-state index in [1.165, 1.54) is 25.7 Å². The highest BCUT2D eigenvalue weighted by atomic mass is 31.2. The summed E-state index contributed by atoms with van der Waals surface area (Å²) >= 11 is 0.